The molecule has 3 heterocycles. The molecule has 0 atom stereocenters. The summed E-state index contributed by atoms with van der Waals surface area (Å²) < 4.78 is 16.7. The van der Waals surface area contributed by atoms with Gasteiger partial charge in [0.2, 0.25) is 5.88 Å². The van der Waals surface area contributed by atoms with Crippen LogP contribution < -0.4 is 10.4 Å². The van der Waals surface area contributed by atoms with Crippen LogP contribution >= 0.6 is 0 Å². The predicted octanol–water partition coefficient (Wildman–Crippen LogP) is 2.21. The van der Waals surface area contributed by atoms with E-state index in [0.717, 1.165) is 56.9 Å². The highest BCUT2D eigenvalue weighted by Gasteiger charge is 2.20. The van der Waals surface area contributed by atoms with Gasteiger partial charge < -0.3 is 19.3 Å². The van der Waals surface area contributed by atoms with Crippen molar-refractivity contribution in [2.75, 3.05) is 33.5 Å². The first-order chi connectivity index (χ1) is 13.9. The summed E-state index contributed by atoms with van der Waals surface area (Å²) in [6.45, 7) is 7.40. The van der Waals surface area contributed by atoms with E-state index >= 15 is 0 Å². The van der Waals surface area contributed by atoms with E-state index < -0.39 is 5.60 Å². The summed E-state index contributed by atoms with van der Waals surface area (Å²) in [5.74, 6) is 0.347. The van der Waals surface area contributed by atoms with Gasteiger partial charge >= 0.3 is 5.69 Å². The second-order valence-electron chi connectivity index (χ2n) is 7.90. The molecule has 2 aliphatic heterocycles. The molecule has 1 aromatic carbocycles. The zero-order valence-electron chi connectivity index (χ0n) is 17.4. The van der Waals surface area contributed by atoms with E-state index in [-0.39, 0.29) is 5.69 Å². The molecule has 0 saturated carbocycles. The van der Waals surface area contributed by atoms with Gasteiger partial charge in [0.1, 0.15) is 0 Å². The minimum Gasteiger partial charge on any atom is -0.481 e. The van der Waals surface area contributed by atoms with Crippen LogP contribution in [0.1, 0.15) is 31.4 Å². The van der Waals surface area contributed by atoms with Gasteiger partial charge in [-0.05, 0) is 44.2 Å². The Morgan fingerprint density at radius 3 is 2.45 bits per heavy atom. The smallest absolute Gasteiger partial charge is 0.351 e. The van der Waals surface area contributed by atoms with Crippen LogP contribution in [-0.2, 0) is 28.9 Å². The number of aliphatic hydroxyl groups is 1. The molecule has 0 unspecified atom stereocenters. The van der Waals surface area contributed by atoms with Crippen LogP contribution in [-0.4, -0.2) is 53.8 Å². The van der Waals surface area contributed by atoms with E-state index in [0.29, 0.717) is 12.4 Å². The molecule has 0 amide bonds. The summed E-state index contributed by atoms with van der Waals surface area (Å²) in [6.07, 6.45) is 2.37. The molecule has 0 radical (unpaired) electrons. The lowest BCUT2D eigenvalue weighted by atomic mass is 9.92. The Bertz CT molecular complexity index is 870. The van der Waals surface area contributed by atoms with Gasteiger partial charge in [0.05, 0.1) is 44.8 Å². The number of ether oxygens (including phenoxy) is 3. The van der Waals surface area contributed by atoms with Crippen LogP contribution in [0.25, 0.3) is 11.3 Å². The molecule has 158 valence electrons. The van der Waals surface area contributed by atoms with Gasteiger partial charge in [-0.15, -0.1) is 0 Å². The molecule has 7 heteroatoms. The van der Waals surface area contributed by atoms with Crippen LogP contribution in [0.5, 0.6) is 5.88 Å². The maximum Gasteiger partial charge on any atom is 0.351 e. The third-order valence-electron chi connectivity index (χ3n) is 5.02. The monoisotopic (exact) mass is 402 g/mol. The third kappa shape index (κ3) is 5.88. The van der Waals surface area contributed by atoms with Crippen molar-refractivity contribution >= 4 is 0 Å². The van der Waals surface area contributed by atoms with Crippen molar-refractivity contribution in [1.82, 2.24) is 9.55 Å². The fourth-order valence-electron chi connectivity index (χ4n) is 3.41. The molecule has 0 aliphatic carbocycles. The third-order valence-corrected chi connectivity index (χ3v) is 5.02. The molecule has 4 rings (SSSR count). The number of rotatable bonds is 4. The second-order valence-corrected chi connectivity index (χ2v) is 7.90. The molecule has 29 heavy (non-hydrogen) atoms. The lowest BCUT2D eigenvalue weighted by Gasteiger charge is -2.23. The standard InChI is InChI=1S/C18H22N2O3.C4H8O2/c1-18(2,22)8-6-12-4-5-14-13(10-12)7-9-20-15(14)11-16(23-3)19-17(20)21;1-2-6-4-3-5-1/h4-5,10-11,22H,6-9H2,1-3H3;1-4H2. The summed E-state index contributed by atoms with van der Waals surface area (Å²) in [5, 5.41) is 9.88. The van der Waals surface area contributed by atoms with Crippen LogP contribution in [0.15, 0.2) is 29.1 Å². The molecular formula is C22H30N2O5. The highest BCUT2D eigenvalue weighted by Crippen LogP contribution is 2.30. The van der Waals surface area contributed by atoms with E-state index in [1.54, 1.807) is 4.57 Å². The Balaban J connectivity index is 0.000000343. The molecule has 0 bridgehead atoms. The second kappa shape index (κ2) is 9.52. The van der Waals surface area contributed by atoms with Gasteiger partial charge in [0.25, 0.3) is 0 Å². The molecule has 1 fully saturated rings. The largest absolute Gasteiger partial charge is 0.481 e. The van der Waals surface area contributed by atoms with Crippen molar-refractivity contribution in [3.63, 3.8) is 0 Å². The summed E-state index contributed by atoms with van der Waals surface area (Å²) in [6, 6.07) is 8.12. The highest BCUT2D eigenvalue weighted by molar-refractivity contribution is 5.67. The number of fused-ring (bicyclic) bond motifs is 3. The highest BCUT2D eigenvalue weighted by atomic mass is 16.6. The quantitative estimate of drug-likeness (QED) is 0.844. The minimum atomic E-state index is -0.658. The number of methoxy groups -OCH3 is 1. The molecule has 1 aromatic heterocycles. The summed E-state index contributed by atoms with van der Waals surface area (Å²) in [5.41, 5.74) is 3.43. The molecule has 2 aromatic rings. The van der Waals surface area contributed by atoms with Gasteiger partial charge in [-0.25, -0.2) is 4.79 Å². The van der Waals surface area contributed by atoms with Gasteiger partial charge in [0, 0.05) is 18.2 Å². The maximum absolute atomic E-state index is 12.1. The van der Waals surface area contributed by atoms with Crippen molar-refractivity contribution in [3.05, 3.63) is 45.9 Å². The lowest BCUT2D eigenvalue weighted by molar-refractivity contribution is -0.0334. The summed E-state index contributed by atoms with van der Waals surface area (Å²) in [7, 11) is 1.52. The van der Waals surface area contributed by atoms with Crippen molar-refractivity contribution < 1.29 is 19.3 Å². The van der Waals surface area contributed by atoms with Crippen LogP contribution in [0.4, 0.5) is 0 Å². The van der Waals surface area contributed by atoms with Crippen molar-refractivity contribution in [2.45, 2.75) is 45.3 Å². The van der Waals surface area contributed by atoms with Crippen LogP contribution in [0, 0.1) is 0 Å². The van der Waals surface area contributed by atoms with Gasteiger partial charge in [-0.2, -0.15) is 4.98 Å². The lowest BCUT2D eigenvalue weighted by Crippen LogP contribution is -2.28. The minimum absolute atomic E-state index is 0.267. The number of aromatic nitrogens is 2. The first-order valence-corrected chi connectivity index (χ1v) is 10.0. The van der Waals surface area contributed by atoms with Gasteiger partial charge in [-0.1, -0.05) is 18.2 Å². The normalized spacial score (nSPS) is 15.6. The van der Waals surface area contributed by atoms with Crippen molar-refractivity contribution in [2.24, 2.45) is 0 Å². The molecule has 1 N–H and O–H groups in total. The molecular weight excluding hydrogens is 372 g/mol. The average Bonchev–Trinajstić information content (AvgIpc) is 2.73. The molecule has 1 saturated heterocycles. The zero-order chi connectivity index (χ0) is 20.9. The number of nitrogens with zero attached hydrogens (tertiary/aromatic N) is 2. The topological polar surface area (TPSA) is 82.8 Å². The molecule has 0 spiro atoms. The number of hydrogen-bond acceptors (Lipinski definition) is 6. The summed E-state index contributed by atoms with van der Waals surface area (Å²) >= 11 is 0. The van der Waals surface area contributed by atoms with Gasteiger partial charge in [-0.3, -0.25) is 4.57 Å². The van der Waals surface area contributed by atoms with E-state index in [4.69, 9.17) is 14.2 Å². The maximum atomic E-state index is 12.1. The number of hydrogen-bond donors (Lipinski definition) is 1. The van der Waals surface area contributed by atoms with Crippen molar-refractivity contribution in [1.29, 1.82) is 0 Å². The fraction of sp³-hybridized carbons (Fsp3) is 0.545. The molecule has 2 aliphatic rings. The van der Waals surface area contributed by atoms with E-state index in [2.05, 4.69) is 23.2 Å². The van der Waals surface area contributed by atoms with E-state index in [1.165, 1.54) is 18.2 Å². The first-order valence-electron chi connectivity index (χ1n) is 10.0. The Hall–Kier alpha value is -2.22. The van der Waals surface area contributed by atoms with E-state index in [9.17, 15) is 9.90 Å². The first kappa shape index (κ1) is 21.5. The number of benzene rings is 1. The predicted molar refractivity (Wildman–Crippen MR) is 110 cm³/mol. The Kier molecular flexibility index (Phi) is 7.05. The van der Waals surface area contributed by atoms with Gasteiger partial charge in [0.15, 0.2) is 0 Å². The number of aryl methyl sites for hydroxylation is 2. The van der Waals surface area contributed by atoms with Crippen molar-refractivity contribution in [3.8, 4) is 17.1 Å². The van der Waals surface area contributed by atoms with Crippen LogP contribution in [0.3, 0.4) is 0 Å². The zero-order valence-corrected chi connectivity index (χ0v) is 17.4. The van der Waals surface area contributed by atoms with Crippen LogP contribution in [0.2, 0.25) is 0 Å². The fourth-order valence-corrected chi connectivity index (χ4v) is 3.41. The summed E-state index contributed by atoms with van der Waals surface area (Å²) in [4.78, 5) is 16.0. The van der Waals surface area contributed by atoms with E-state index in [1.807, 2.05) is 19.9 Å². The molecule has 7 nitrogen and oxygen atoms in total. The Morgan fingerprint density at radius 1 is 1.17 bits per heavy atom. The Morgan fingerprint density at radius 2 is 1.86 bits per heavy atom. The Labute approximate surface area is 171 Å². The average molecular weight is 402 g/mol. The SMILES string of the molecule is C1COCCO1.COc1cc2n(c(=O)n1)CCc1cc(CCC(C)(C)O)ccc1-2.